The van der Waals surface area contributed by atoms with Crippen LogP contribution >= 0.6 is 23.4 Å². The number of aryl methyl sites for hydroxylation is 1. The number of nitrogens with one attached hydrogen (secondary N) is 1. The first-order valence-corrected chi connectivity index (χ1v) is 11.0. The van der Waals surface area contributed by atoms with E-state index >= 15 is 0 Å². The molecule has 0 fully saturated rings. The molecule has 1 aromatic carbocycles. The highest BCUT2D eigenvalue weighted by Crippen LogP contribution is 2.26. The van der Waals surface area contributed by atoms with Gasteiger partial charge in [-0.15, -0.1) is 10.2 Å². The number of unbranched alkanes of at least 4 members (excludes halogenated alkanes) is 1. The number of aromatic nitrogens is 3. The van der Waals surface area contributed by atoms with Crippen molar-refractivity contribution in [2.45, 2.75) is 57.8 Å². The highest BCUT2D eigenvalue weighted by Gasteiger charge is 2.22. The molecule has 1 amide bonds. The molecule has 1 heterocycles. The third-order valence-electron chi connectivity index (χ3n) is 4.59. The summed E-state index contributed by atoms with van der Waals surface area (Å²) in [5.74, 6) is 1.16. The summed E-state index contributed by atoms with van der Waals surface area (Å²) in [6.07, 6.45) is 3.10. The Morgan fingerprint density at radius 1 is 1.32 bits per heavy atom. The van der Waals surface area contributed by atoms with Crippen LogP contribution in [0.25, 0.3) is 0 Å². The Labute approximate surface area is 177 Å². The summed E-state index contributed by atoms with van der Waals surface area (Å²) in [7, 11) is 4.11. The third kappa shape index (κ3) is 5.96. The smallest absolute Gasteiger partial charge is 0.234 e. The molecule has 154 valence electrons. The molecule has 0 saturated heterocycles. The van der Waals surface area contributed by atoms with Crippen molar-refractivity contribution in [2.24, 2.45) is 0 Å². The van der Waals surface area contributed by atoms with E-state index in [1.807, 2.05) is 19.1 Å². The van der Waals surface area contributed by atoms with E-state index in [0.717, 1.165) is 48.0 Å². The number of rotatable bonds is 10. The Hall–Kier alpha value is -1.57. The normalized spacial score (nSPS) is 12.4. The molecular formula is C20H30ClN5OS. The number of carbonyl (C=O) groups excluding carboxylic acids is 1. The van der Waals surface area contributed by atoms with Crippen LogP contribution in [-0.4, -0.2) is 45.4 Å². The van der Waals surface area contributed by atoms with Gasteiger partial charge in [0.05, 0.1) is 11.8 Å². The minimum Gasteiger partial charge on any atom is -0.325 e. The molecular weight excluding hydrogens is 394 g/mol. The van der Waals surface area contributed by atoms with Crippen molar-refractivity contribution in [1.82, 2.24) is 19.7 Å². The zero-order valence-electron chi connectivity index (χ0n) is 17.3. The molecule has 28 heavy (non-hydrogen) atoms. The molecule has 1 aromatic heterocycles. The number of thioether (sulfide) groups is 1. The predicted octanol–water partition coefficient (Wildman–Crippen LogP) is 4.78. The molecule has 2 rings (SSSR count). The highest BCUT2D eigenvalue weighted by atomic mass is 35.5. The summed E-state index contributed by atoms with van der Waals surface area (Å²) in [5.41, 5.74) is 1.72. The van der Waals surface area contributed by atoms with Crippen molar-refractivity contribution in [3.63, 3.8) is 0 Å². The second-order valence-electron chi connectivity index (χ2n) is 7.03. The maximum atomic E-state index is 12.4. The van der Waals surface area contributed by atoms with Crippen LogP contribution in [0.3, 0.4) is 0 Å². The van der Waals surface area contributed by atoms with Gasteiger partial charge in [0.25, 0.3) is 0 Å². The summed E-state index contributed by atoms with van der Waals surface area (Å²) < 4.78 is 2.17. The van der Waals surface area contributed by atoms with E-state index in [9.17, 15) is 4.79 Å². The van der Waals surface area contributed by atoms with E-state index in [4.69, 9.17) is 11.6 Å². The van der Waals surface area contributed by atoms with Gasteiger partial charge in [-0.1, -0.05) is 49.7 Å². The Morgan fingerprint density at radius 3 is 2.71 bits per heavy atom. The first-order valence-electron chi connectivity index (χ1n) is 9.65. The maximum Gasteiger partial charge on any atom is 0.234 e. The van der Waals surface area contributed by atoms with E-state index in [1.165, 1.54) is 11.8 Å². The Kier molecular flexibility index (Phi) is 8.79. The molecule has 0 unspecified atom stereocenters. The molecule has 0 bridgehead atoms. The van der Waals surface area contributed by atoms with Gasteiger partial charge < -0.3 is 9.88 Å². The molecule has 0 aliphatic rings. The number of amides is 1. The van der Waals surface area contributed by atoms with E-state index in [2.05, 4.69) is 52.9 Å². The SMILES string of the molecule is CCCCn1c(SCC(=O)Nc2cc(Cl)ccc2C)nnc1[C@@H](CC)N(C)C. The van der Waals surface area contributed by atoms with Gasteiger partial charge in [-0.05, 0) is 51.6 Å². The van der Waals surface area contributed by atoms with Crippen molar-refractivity contribution < 1.29 is 4.79 Å². The van der Waals surface area contributed by atoms with Gasteiger partial charge in [0.1, 0.15) is 0 Å². The van der Waals surface area contributed by atoms with Gasteiger partial charge in [-0.25, -0.2) is 0 Å². The lowest BCUT2D eigenvalue weighted by Gasteiger charge is -2.23. The fourth-order valence-corrected chi connectivity index (χ4v) is 3.95. The van der Waals surface area contributed by atoms with Crippen molar-refractivity contribution in [1.29, 1.82) is 0 Å². The van der Waals surface area contributed by atoms with Crippen LogP contribution in [0.15, 0.2) is 23.4 Å². The third-order valence-corrected chi connectivity index (χ3v) is 5.80. The van der Waals surface area contributed by atoms with Crippen molar-refractivity contribution in [3.05, 3.63) is 34.6 Å². The van der Waals surface area contributed by atoms with Gasteiger partial charge >= 0.3 is 0 Å². The molecule has 6 nitrogen and oxygen atoms in total. The minimum absolute atomic E-state index is 0.0818. The molecule has 0 aliphatic heterocycles. The zero-order valence-corrected chi connectivity index (χ0v) is 18.9. The van der Waals surface area contributed by atoms with Crippen LogP contribution in [0.1, 0.15) is 50.5 Å². The summed E-state index contributed by atoms with van der Waals surface area (Å²) in [5, 5.41) is 13.2. The monoisotopic (exact) mass is 423 g/mol. The molecule has 8 heteroatoms. The van der Waals surface area contributed by atoms with Crippen LogP contribution in [0.4, 0.5) is 5.69 Å². The number of anilines is 1. The molecule has 0 saturated carbocycles. The summed E-state index contributed by atoms with van der Waals surface area (Å²) in [4.78, 5) is 14.6. The largest absolute Gasteiger partial charge is 0.325 e. The molecule has 0 aliphatic carbocycles. The van der Waals surface area contributed by atoms with E-state index < -0.39 is 0 Å². The highest BCUT2D eigenvalue weighted by molar-refractivity contribution is 7.99. The Bertz CT molecular complexity index is 793. The first kappa shape index (κ1) is 22.7. The average molecular weight is 424 g/mol. The zero-order chi connectivity index (χ0) is 20.7. The lowest BCUT2D eigenvalue weighted by molar-refractivity contribution is -0.113. The van der Waals surface area contributed by atoms with Gasteiger partial charge in [-0.2, -0.15) is 0 Å². The van der Waals surface area contributed by atoms with Gasteiger partial charge in [0, 0.05) is 17.3 Å². The predicted molar refractivity (Wildman–Crippen MR) is 117 cm³/mol. The van der Waals surface area contributed by atoms with Crippen LogP contribution in [0.2, 0.25) is 5.02 Å². The summed E-state index contributed by atoms with van der Waals surface area (Å²) >= 11 is 7.45. The lowest BCUT2D eigenvalue weighted by Crippen LogP contribution is -2.23. The standard InChI is InChI=1S/C20H30ClN5OS/c1-6-8-11-26-19(17(7-2)25(4)5)23-24-20(26)28-13-18(27)22-16-12-15(21)10-9-14(16)3/h9-10,12,17H,6-8,11,13H2,1-5H3,(H,22,27)/t17-/m1/s1. The van der Waals surface area contributed by atoms with Gasteiger partial charge in [0.15, 0.2) is 11.0 Å². The number of nitrogens with zero attached hydrogens (tertiary/aromatic N) is 4. The van der Waals surface area contributed by atoms with Crippen LogP contribution in [-0.2, 0) is 11.3 Å². The maximum absolute atomic E-state index is 12.4. The quantitative estimate of drug-likeness (QED) is 0.557. The first-order chi connectivity index (χ1) is 13.4. The van der Waals surface area contributed by atoms with Crippen LogP contribution in [0, 0.1) is 6.92 Å². The molecule has 1 atom stereocenters. The second-order valence-corrected chi connectivity index (χ2v) is 8.41. The second kappa shape index (κ2) is 10.8. The lowest BCUT2D eigenvalue weighted by atomic mass is 10.2. The van der Waals surface area contributed by atoms with E-state index in [1.54, 1.807) is 6.07 Å². The Balaban J connectivity index is 2.11. The van der Waals surface area contributed by atoms with Gasteiger partial charge in [0.2, 0.25) is 5.91 Å². The fraction of sp³-hybridized carbons (Fsp3) is 0.550. The van der Waals surface area contributed by atoms with E-state index in [-0.39, 0.29) is 17.7 Å². The Morgan fingerprint density at radius 2 is 2.07 bits per heavy atom. The average Bonchev–Trinajstić information content (AvgIpc) is 3.04. The fourth-order valence-electron chi connectivity index (χ4n) is 3.00. The number of benzene rings is 1. The number of hydrogen-bond acceptors (Lipinski definition) is 5. The molecule has 2 aromatic rings. The molecule has 0 spiro atoms. The number of carbonyl (C=O) groups is 1. The van der Waals surface area contributed by atoms with Gasteiger partial charge in [-0.3, -0.25) is 9.69 Å². The summed E-state index contributed by atoms with van der Waals surface area (Å²) in [6, 6.07) is 5.69. The summed E-state index contributed by atoms with van der Waals surface area (Å²) in [6.45, 7) is 7.12. The van der Waals surface area contributed by atoms with Crippen molar-refractivity contribution in [2.75, 3.05) is 25.2 Å². The van der Waals surface area contributed by atoms with Crippen LogP contribution in [0.5, 0.6) is 0 Å². The molecule has 0 radical (unpaired) electrons. The number of halogens is 1. The minimum atomic E-state index is -0.0818. The van der Waals surface area contributed by atoms with Crippen molar-refractivity contribution in [3.8, 4) is 0 Å². The number of hydrogen-bond donors (Lipinski definition) is 1. The van der Waals surface area contributed by atoms with Crippen LogP contribution < -0.4 is 5.32 Å². The molecule has 1 N–H and O–H groups in total. The van der Waals surface area contributed by atoms with E-state index in [0.29, 0.717) is 5.02 Å². The topological polar surface area (TPSA) is 63.1 Å². The van der Waals surface area contributed by atoms with Crippen molar-refractivity contribution >= 4 is 35.0 Å².